The molecule has 0 bridgehead atoms. The first kappa shape index (κ1) is 23.3. The third kappa shape index (κ3) is 5.56. The van der Waals surface area contributed by atoms with Crippen LogP contribution in [0.5, 0.6) is 11.5 Å². The molecule has 0 fully saturated rings. The van der Waals surface area contributed by atoms with Crippen LogP contribution in [0.1, 0.15) is 11.1 Å². The van der Waals surface area contributed by atoms with E-state index in [9.17, 15) is 10.1 Å². The van der Waals surface area contributed by atoms with Crippen LogP contribution in [0.4, 0.5) is 5.69 Å². The highest BCUT2D eigenvalue weighted by molar-refractivity contribution is 14.1. The van der Waals surface area contributed by atoms with E-state index in [1.165, 1.54) is 0 Å². The number of nitriles is 1. The molecule has 0 aliphatic heterocycles. The maximum Gasteiger partial charge on any atom is 0.266 e. The van der Waals surface area contributed by atoms with E-state index in [-0.39, 0.29) is 5.57 Å². The van der Waals surface area contributed by atoms with Gasteiger partial charge in [-0.25, -0.2) is 0 Å². The fourth-order valence-electron chi connectivity index (χ4n) is 3.47. The van der Waals surface area contributed by atoms with E-state index in [0.29, 0.717) is 29.4 Å². The molecule has 34 heavy (non-hydrogen) atoms. The normalized spacial score (nSPS) is 11.0. The molecule has 0 atom stereocenters. The predicted molar refractivity (Wildman–Crippen MR) is 143 cm³/mol. The molecule has 0 aromatic heterocycles. The highest BCUT2D eigenvalue weighted by atomic mass is 127. The van der Waals surface area contributed by atoms with E-state index in [0.717, 1.165) is 19.9 Å². The number of hydrogen-bond acceptors (Lipinski definition) is 4. The Morgan fingerprint density at radius 1 is 1.00 bits per heavy atom. The maximum atomic E-state index is 12.8. The molecule has 168 valence electrons. The first-order chi connectivity index (χ1) is 16.6. The summed E-state index contributed by atoms with van der Waals surface area (Å²) in [4.78, 5) is 12.8. The first-order valence-corrected chi connectivity index (χ1v) is 11.6. The largest absolute Gasteiger partial charge is 0.493 e. The van der Waals surface area contributed by atoms with Crippen LogP contribution in [0.15, 0.2) is 90.5 Å². The van der Waals surface area contributed by atoms with Gasteiger partial charge in [0, 0.05) is 5.69 Å². The Balaban J connectivity index is 1.54. The molecule has 1 N–H and O–H groups in total. The molecule has 6 heteroatoms. The van der Waals surface area contributed by atoms with Crippen LogP contribution >= 0.6 is 22.6 Å². The van der Waals surface area contributed by atoms with Gasteiger partial charge in [0.05, 0.1) is 10.7 Å². The lowest BCUT2D eigenvalue weighted by Gasteiger charge is -2.14. The Kier molecular flexibility index (Phi) is 7.45. The van der Waals surface area contributed by atoms with E-state index in [1.807, 2.05) is 84.9 Å². The highest BCUT2D eigenvalue weighted by Crippen LogP contribution is 2.35. The van der Waals surface area contributed by atoms with Gasteiger partial charge in [-0.3, -0.25) is 4.79 Å². The number of carbonyl (C=O) groups is 1. The van der Waals surface area contributed by atoms with Crippen molar-refractivity contribution >= 4 is 51.0 Å². The molecule has 4 rings (SSSR count). The summed E-state index contributed by atoms with van der Waals surface area (Å²) in [5.74, 6) is 0.667. The van der Waals surface area contributed by atoms with Crippen molar-refractivity contribution in [3.63, 3.8) is 0 Å². The van der Waals surface area contributed by atoms with Crippen molar-refractivity contribution in [2.45, 2.75) is 6.61 Å². The van der Waals surface area contributed by atoms with Gasteiger partial charge in [-0.05, 0) is 74.8 Å². The Morgan fingerprint density at radius 3 is 2.47 bits per heavy atom. The number of methoxy groups -OCH3 is 1. The van der Waals surface area contributed by atoms with Crippen LogP contribution in [-0.4, -0.2) is 13.0 Å². The lowest BCUT2D eigenvalue weighted by atomic mass is 10.1. The summed E-state index contributed by atoms with van der Waals surface area (Å²) in [6.07, 6.45) is 1.54. The second kappa shape index (κ2) is 10.9. The van der Waals surface area contributed by atoms with Crippen molar-refractivity contribution in [3.8, 4) is 17.6 Å². The quantitative estimate of drug-likeness (QED) is 0.158. The molecule has 4 aromatic rings. The average Bonchev–Trinajstić information content (AvgIpc) is 2.86. The fraction of sp³-hybridized carbons (Fsp3) is 0.0714. The number of rotatable bonds is 7. The molecule has 0 heterocycles. The topological polar surface area (TPSA) is 71.3 Å². The highest BCUT2D eigenvalue weighted by Gasteiger charge is 2.14. The molecule has 4 aromatic carbocycles. The SMILES string of the molecule is COc1cc(/C=C(\C#N)C(=O)Nc2ccc3ccccc3c2)cc(I)c1OCc1ccccc1. The molecule has 0 unspecified atom stereocenters. The van der Waals surface area contributed by atoms with Gasteiger partial charge in [-0.2, -0.15) is 5.26 Å². The number of fused-ring (bicyclic) bond motifs is 1. The van der Waals surface area contributed by atoms with E-state index >= 15 is 0 Å². The van der Waals surface area contributed by atoms with E-state index in [2.05, 4.69) is 27.9 Å². The number of amides is 1. The van der Waals surface area contributed by atoms with Crippen molar-refractivity contribution in [1.29, 1.82) is 5.26 Å². The summed E-state index contributed by atoms with van der Waals surface area (Å²) >= 11 is 2.16. The zero-order valence-corrected chi connectivity index (χ0v) is 20.6. The molecule has 5 nitrogen and oxygen atoms in total. The van der Waals surface area contributed by atoms with Crippen LogP contribution in [-0.2, 0) is 11.4 Å². The van der Waals surface area contributed by atoms with Crippen LogP contribution in [0, 0.1) is 14.9 Å². The Hall–Kier alpha value is -3.83. The van der Waals surface area contributed by atoms with E-state index < -0.39 is 5.91 Å². The molecule has 0 spiro atoms. The summed E-state index contributed by atoms with van der Waals surface area (Å²) in [7, 11) is 1.56. The minimum Gasteiger partial charge on any atom is -0.493 e. The monoisotopic (exact) mass is 560 g/mol. The lowest BCUT2D eigenvalue weighted by Crippen LogP contribution is -2.13. The van der Waals surface area contributed by atoms with Gasteiger partial charge in [-0.15, -0.1) is 0 Å². The number of nitrogens with zero attached hydrogens (tertiary/aromatic N) is 1. The van der Waals surface area contributed by atoms with E-state index in [4.69, 9.17) is 9.47 Å². The molecule has 0 aliphatic rings. The average molecular weight is 560 g/mol. The van der Waals surface area contributed by atoms with Crippen molar-refractivity contribution in [2.75, 3.05) is 12.4 Å². The summed E-state index contributed by atoms with van der Waals surface area (Å²) in [5.41, 5.74) is 2.32. The van der Waals surface area contributed by atoms with Crippen LogP contribution in [0.25, 0.3) is 16.8 Å². The number of carbonyl (C=O) groups excluding carboxylic acids is 1. The van der Waals surface area contributed by atoms with Crippen molar-refractivity contribution < 1.29 is 14.3 Å². The van der Waals surface area contributed by atoms with Gasteiger partial charge in [0.25, 0.3) is 5.91 Å². The van der Waals surface area contributed by atoms with E-state index in [1.54, 1.807) is 19.3 Å². The van der Waals surface area contributed by atoms with Gasteiger partial charge >= 0.3 is 0 Å². The second-order valence-electron chi connectivity index (χ2n) is 7.49. The lowest BCUT2D eigenvalue weighted by molar-refractivity contribution is -0.112. The Bertz CT molecular complexity index is 1410. The summed E-state index contributed by atoms with van der Waals surface area (Å²) in [5, 5.41) is 14.5. The second-order valence-corrected chi connectivity index (χ2v) is 8.66. The summed E-state index contributed by atoms with van der Waals surface area (Å²) in [6.45, 7) is 0.403. The number of nitrogens with one attached hydrogen (secondary N) is 1. The zero-order chi connectivity index (χ0) is 23.9. The van der Waals surface area contributed by atoms with Gasteiger partial charge in [-0.1, -0.05) is 60.7 Å². The van der Waals surface area contributed by atoms with Crippen molar-refractivity contribution in [3.05, 3.63) is 105 Å². The Labute approximate surface area is 211 Å². The number of halogens is 1. The molecular formula is C28H21IN2O3. The maximum absolute atomic E-state index is 12.8. The number of hydrogen-bond donors (Lipinski definition) is 1. The minimum absolute atomic E-state index is 0.0102. The zero-order valence-electron chi connectivity index (χ0n) is 18.4. The molecule has 0 saturated carbocycles. The van der Waals surface area contributed by atoms with Gasteiger partial charge in [0.1, 0.15) is 18.2 Å². The molecule has 1 amide bonds. The smallest absolute Gasteiger partial charge is 0.266 e. The predicted octanol–water partition coefficient (Wildman–Crippen LogP) is 6.58. The number of ether oxygens (including phenoxy) is 2. The molecule has 0 aliphatic carbocycles. The first-order valence-electron chi connectivity index (χ1n) is 10.5. The summed E-state index contributed by atoms with van der Waals surface area (Å²) in [6, 6.07) is 29.0. The van der Waals surface area contributed by atoms with Gasteiger partial charge < -0.3 is 14.8 Å². The molecule has 0 radical (unpaired) electrons. The minimum atomic E-state index is -0.476. The fourth-order valence-corrected chi connectivity index (χ4v) is 4.25. The molecular weight excluding hydrogens is 539 g/mol. The van der Waals surface area contributed by atoms with Crippen LogP contribution < -0.4 is 14.8 Å². The third-order valence-electron chi connectivity index (χ3n) is 5.16. The number of anilines is 1. The molecule has 0 saturated heterocycles. The third-order valence-corrected chi connectivity index (χ3v) is 5.96. The van der Waals surface area contributed by atoms with Crippen LogP contribution in [0.2, 0.25) is 0 Å². The van der Waals surface area contributed by atoms with Gasteiger partial charge in [0.15, 0.2) is 11.5 Å². The number of benzene rings is 4. The van der Waals surface area contributed by atoms with Crippen LogP contribution in [0.3, 0.4) is 0 Å². The Morgan fingerprint density at radius 2 is 1.74 bits per heavy atom. The van der Waals surface area contributed by atoms with Gasteiger partial charge in [0.2, 0.25) is 0 Å². The standard InChI is InChI=1S/C28H21IN2O3/c1-33-26-15-20(14-25(29)27(26)34-18-19-7-3-2-4-8-19)13-23(17-30)28(32)31-24-12-11-21-9-5-6-10-22(21)16-24/h2-16H,18H2,1H3,(H,31,32)/b23-13+. The van der Waals surface area contributed by atoms with Crippen molar-refractivity contribution in [1.82, 2.24) is 0 Å². The van der Waals surface area contributed by atoms with Crippen molar-refractivity contribution in [2.24, 2.45) is 0 Å². The summed E-state index contributed by atoms with van der Waals surface area (Å²) < 4.78 is 12.3.